The summed E-state index contributed by atoms with van der Waals surface area (Å²) in [4.78, 5) is 4.40. The third kappa shape index (κ3) is 5.04. The van der Waals surface area contributed by atoms with Crippen molar-refractivity contribution in [3.63, 3.8) is 0 Å². The van der Waals surface area contributed by atoms with E-state index < -0.39 is 0 Å². The Hall–Kier alpha value is -2.53. The fraction of sp³-hybridized carbons (Fsp3) is 0.435. The summed E-state index contributed by atoms with van der Waals surface area (Å²) in [5, 5.41) is 6.96. The summed E-state index contributed by atoms with van der Waals surface area (Å²) in [5.74, 6) is 1.70. The molecule has 5 heteroatoms. The highest BCUT2D eigenvalue weighted by Gasteiger charge is 2.34. The van der Waals surface area contributed by atoms with Crippen molar-refractivity contribution in [3.8, 4) is 5.75 Å². The van der Waals surface area contributed by atoms with Crippen molar-refractivity contribution in [2.24, 2.45) is 4.99 Å². The Balaban J connectivity index is 1.65. The maximum atomic E-state index is 5.64. The van der Waals surface area contributed by atoms with Crippen molar-refractivity contribution in [2.45, 2.75) is 31.7 Å². The first-order valence-electron chi connectivity index (χ1n) is 9.87. The molecular formula is C23H31N3O2. The van der Waals surface area contributed by atoms with Gasteiger partial charge in [0.15, 0.2) is 5.96 Å². The zero-order valence-corrected chi connectivity index (χ0v) is 17.1. The highest BCUT2D eigenvalue weighted by Crippen LogP contribution is 2.35. The number of nitrogens with one attached hydrogen (secondary N) is 2. The van der Waals surface area contributed by atoms with Gasteiger partial charge in [-0.25, -0.2) is 0 Å². The molecule has 28 heavy (non-hydrogen) atoms. The molecule has 1 aliphatic heterocycles. The second-order valence-corrected chi connectivity index (χ2v) is 7.39. The number of rotatable bonds is 6. The molecule has 2 N–H and O–H groups in total. The van der Waals surface area contributed by atoms with Crippen LogP contribution in [0.4, 0.5) is 0 Å². The van der Waals surface area contributed by atoms with Crippen LogP contribution in [0, 0.1) is 6.92 Å². The van der Waals surface area contributed by atoms with Crippen molar-refractivity contribution in [2.75, 3.05) is 33.9 Å². The van der Waals surface area contributed by atoms with E-state index in [1.165, 1.54) is 16.7 Å². The molecular weight excluding hydrogens is 350 g/mol. The molecule has 0 aliphatic carbocycles. The number of aliphatic imine (C=N–C) groups is 1. The quantitative estimate of drug-likeness (QED) is 0.595. The Morgan fingerprint density at radius 2 is 1.71 bits per heavy atom. The SMILES string of the molecule is CN=C(NCc1ccc(C)cc1)NCC1(c2ccc(OC)cc2)CCOCC1. The summed E-state index contributed by atoms with van der Waals surface area (Å²) in [6.45, 7) is 5.23. The van der Waals surface area contributed by atoms with Crippen LogP contribution in [0.5, 0.6) is 5.75 Å². The third-order valence-corrected chi connectivity index (χ3v) is 5.55. The molecule has 0 aromatic heterocycles. The molecule has 0 spiro atoms. The first-order chi connectivity index (χ1) is 13.6. The van der Waals surface area contributed by atoms with Gasteiger partial charge in [-0.05, 0) is 43.0 Å². The molecule has 1 fully saturated rings. The second kappa shape index (κ2) is 9.60. The van der Waals surface area contributed by atoms with Crippen LogP contribution in [0.1, 0.15) is 29.5 Å². The smallest absolute Gasteiger partial charge is 0.191 e. The van der Waals surface area contributed by atoms with E-state index in [0.717, 1.165) is 50.9 Å². The van der Waals surface area contributed by atoms with E-state index in [-0.39, 0.29) is 5.41 Å². The lowest BCUT2D eigenvalue weighted by Gasteiger charge is -2.38. The predicted octanol–water partition coefficient (Wildman–Crippen LogP) is 3.42. The van der Waals surface area contributed by atoms with Crippen molar-refractivity contribution in [1.29, 1.82) is 0 Å². The van der Waals surface area contributed by atoms with Gasteiger partial charge in [0.25, 0.3) is 0 Å². The van der Waals surface area contributed by atoms with Gasteiger partial charge >= 0.3 is 0 Å². The third-order valence-electron chi connectivity index (χ3n) is 5.55. The number of methoxy groups -OCH3 is 1. The summed E-state index contributed by atoms with van der Waals surface area (Å²) in [7, 11) is 3.51. The number of guanidine groups is 1. The van der Waals surface area contributed by atoms with Crippen LogP contribution in [0.3, 0.4) is 0 Å². The molecule has 2 aromatic carbocycles. The van der Waals surface area contributed by atoms with Crippen molar-refractivity contribution in [1.82, 2.24) is 10.6 Å². The molecule has 5 nitrogen and oxygen atoms in total. The number of hydrogen-bond acceptors (Lipinski definition) is 3. The molecule has 150 valence electrons. The molecule has 1 heterocycles. The van der Waals surface area contributed by atoms with E-state index in [4.69, 9.17) is 9.47 Å². The molecule has 0 atom stereocenters. The molecule has 0 saturated carbocycles. The van der Waals surface area contributed by atoms with Crippen LogP contribution in [0.25, 0.3) is 0 Å². The Kier molecular flexibility index (Phi) is 6.93. The van der Waals surface area contributed by atoms with Gasteiger partial charge in [-0.15, -0.1) is 0 Å². The summed E-state index contributed by atoms with van der Waals surface area (Å²) >= 11 is 0. The van der Waals surface area contributed by atoms with Gasteiger partial charge in [0.2, 0.25) is 0 Å². The van der Waals surface area contributed by atoms with E-state index in [0.29, 0.717) is 0 Å². The number of aryl methyl sites for hydroxylation is 1. The minimum atomic E-state index is 0.0337. The summed E-state index contributed by atoms with van der Waals surface area (Å²) < 4.78 is 11.0. The fourth-order valence-corrected chi connectivity index (χ4v) is 3.64. The van der Waals surface area contributed by atoms with Crippen LogP contribution in [-0.2, 0) is 16.7 Å². The number of ether oxygens (including phenoxy) is 2. The Morgan fingerprint density at radius 1 is 1.04 bits per heavy atom. The average molecular weight is 382 g/mol. The zero-order valence-electron chi connectivity index (χ0n) is 17.1. The number of hydrogen-bond donors (Lipinski definition) is 2. The predicted molar refractivity (Wildman–Crippen MR) is 114 cm³/mol. The summed E-state index contributed by atoms with van der Waals surface area (Å²) in [6.07, 6.45) is 1.97. The van der Waals surface area contributed by atoms with Crippen LogP contribution in [0.15, 0.2) is 53.5 Å². The van der Waals surface area contributed by atoms with E-state index in [1.54, 1.807) is 7.11 Å². The second-order valence-electron chi connectivity index (χ2n) is 7.39. The zero-order chi connectivity index (χ0) is 19.8. The highest BCUT2D eigenvalue weighted by atomic mass is 16.5. The standard InChI is InChI=1S/C23H31N3O2/c1-18-4-6-19(7-5-18)16-25-22(24-2)26-17-23(12-14-28-15-13-23)20-8-10-21(27-3)11-9-20/h4-11H,12-17H2,1-3H3,(H2,24,25,26). The Bertz CT molecular complexity index is 763. The van der Waals surface area contributed by atoms with Crippen LogP contribution in [0.2, 0.25) is 0 Å². The number of benzene rings is 2. The molecule has 3 rings (SSSR count). The minimum absolute atomic E-state index is 0.0337. The van der Waals surface area contributed by atoms with Gasteiger partial charge in [0, 0.05) is 38.8 Å². The Morgan fingerprint density at radius 3 is 2.32 bits per heavy atom. The van der Waals surface area contributed by atoms with Gasteiger partial charge in [-0.3, -0.25) is 4.99 Å². The molecule has 0 amide bonds. The largest absolute Gasteiger partial charge is 0.497 e. The lowest BCUT2D eigenvalue weighted by atomic mass is 9.74. The Labute approximate surface area is 168 Å². The van der Waals surface area contributed by atoms with E-state index >= 15 is 0 Å². The van der Waals surface area contributed by atoms with Crippen LogP contribution >= 0.6 is 0 Å². The van der Waals surface area contributed by atoms with Gasteiger partial charge in [0.1, 0.15) is 5.75 Å². The maximum Gasteiger partial charge on any atom is 0.191 e. The van der Waals surface area contributed by atoms with Crippen LogP contribution in [-0.4, -0.2) is 39.9 Å². The summed E-state index contributed by atoms with van der Waals surface area (Å²) in [6, 6.07) is 17.0. The molecule has 1 saturated heterocycles. The minimum Gasteiger partial charge on any atom is -0.497 e. The lowest BCUT2D eigenvalue weighted by Crippen LogP contribution is -2.47. The van der Waals surface area contributed by atoms with E-state index in [9.17, 15) is 0 Å². The molecule has 1 aliphatic rings. The summed E-state index contributed by atoms with van der Waals surface area (Å²) in [5.41, 5.74) is 3.86. The highest BCUT2D eigenvalue weighted by molar-refractivity contribution is 5.79. The van der Waals surface area contributed by atoms with E-state index in [2.05, 4.69) is 58.9 Å². The normalized spacial score (nSPS) is 16.5. The molecule has 0 bridgehead atoms. The first-order valence-corrected chi connectivity index (χ1v) is 9.87. The lowest BCUT2D eigenvalue weighted by molar-refractivity contribution is 0.0513. The topological polar surface area (TPSA) is 54.9 Å². The van der Waals surface area contributed by atoms with Crippen molar-refractivity contribution in [3.05, 3.63) is 65.2 Å². The number of nitrogens with zero attached hydrogens (tertiary/aromatic N) is 1. The van der Waals surface area contributed by atoms with Gasteiger partial charge < -0.3 is 20.1 Å². The van der Waals surface area contributed by atoms with Gasteiger partial charge in [0.05, 0.1) is 7.11 Å². The molecule has 0 unspecified atom stereocenters. The van der Waals surface area contributed by atoms with Gasteiger partial charge in [-0.1, -0.05) is 42.0 Å². The molecule has 0 radical (unpaired) electrons. The van der Waals surface area contributed by atoms with Crippen molar-refractivity contribution >= 4 is 5.96 Å². The average Bonchev–Trinajstić information content (AvgIpc) is 2.76. The maximum absolute atomic E-state index is 5.64. The molecule has 2 aromatic rings. The monoisotopic (exact) mass is 381 g/mol. The van der Waals surface area contributed by atoms with Crippen molar-refractivity contribution < 1.29 is 9.47 Å². The van der Waals surface area contributed by atoms with E-state index in [1.807, 2.05) is 19.2 Å². The first kappa shape index (κ1) is 20.2. The fourth-order valence-electron chi connectivity index (χ4n) is 3.64. The van der Waals surface area contributed by atoms with Gasteiger partial charge in [-0.2, -0.15) is 0 Å². The van der Waals surface area contributed by atoms with Crippen LogP contribution < -0.4 is 15.4 Å².